The van der Waals surface area contributed by atoms with E-state index in [-0.39, 0.29) is 17.9 Å². The predicted octanol–water partition coefficient (Wildman–Crippen LogP) is -0.385. The number of hydrogen-bond donors (Lipinski definition) is 2. The van der Waals surface area contributed by atoms with E-state index in [4.69, 9.17) is 0 Å². The van der Waals surface area contributed by atoms with E-state index in [0.29, 0.717) is 24.5 Å². The number of rotatable bonds is 2. The average molecular weight is 303 g/mol. The van der Waals surface area contributed by atoms with E-state index in [9.17, 15) is 14.4 Å². The molecule has 2 N–H and O–H groups in total. The molecular weight excluding hydrogens is 286 g/mol. The maximum Gasteiger partial charge on any atom is 0.343 e. The Morgan fingerprint density at radius 2 is 2.09 bits per heavy atom. The highest BCUT2D eigenvalue weighted by Gasteiger charge is 2.29. The monoisotopic (exact) mass is 303 g/mol. The van der Waals surface area contributed by atoms with Crippen molar-refractivity contribution in [3.8, 4) is 0 Å². The molecule has 8 heteroatoms. The smallest absolute Gasteiger partial charge is 0.343 e. The van der Waals surface area contributed by atoms with Gasteiger partial charge < -0.3 is 15.5 Å². The summed E-state index contributed by atoms with van der Waals surface area (Å²) >= 11 is 0. The molecule has 0 aromatic heterocycles. The van der Waals surface area contributed by atoms with E-state index in [1.165, 1.54) is 6.21 Å². The number of amides is 4. The fourth-order valence-corrected chi connectivity index (χ4v) is 2.73. The third-order valence-corrected chi connectivity index (χ3v) is 3.99. The molecule has 0 aromatic rings. The molecule has 0 radical (unpaired) electrons. The lowest BCUT2D eigenvalue weighted by Gasteiger charge is -2.31. The van der Waals surface area contributed by atoms with E-state index in [1.807, 2.05) is 0 Å². The van der Waals surface area contributed by atoms with Crippen molar-refractivity contribution in [3.05, 3.63) is 11.6 Å². The summed E-state index contributed by atoms with van der Waals surface area (Å²) in [7, 11) is 0. The Balaban J connectivity index is 1.56. The topological polar surface area (TPSA) is 103 Å². The van der Waals surface area contributed by atoms with Crippen molar-refractivity contribution in [1.29, 1.82) is 0 Å². The van der Waals surface area contributed by atoms with Crippen LogP contribution in [-0.2, 0) is 9.59 Å². The van der Waals surface area contributed by atoms with E-state index in [0.717, 1.165) is 12.8 Å². The van der Waals surface area contributed by atoms with Gasteiger partial charge in [-0.15, -0.1) is 0 Å². The number of piperidine rings is 1. The number of amidine groups is 1. The molecule has 0 saturated carbocycles. The summed E-state index contributed by atoms with van der Waals surface area (Å²) in [6, 6.07) is -0.810. The molecule has 1 atom stereocenters. The van der Waals surface area contributed by atoms with E-state index in [2.05, 4.69) is 20.6 Å². The van der Waals surface area contributed by atoms with Gasteiger partial charge in [0.05, 0.1) is 5.57 Å². The Morgan fingerprint density at radius 3 is 2.77 bits per heavy atom. The highest BCUT2D eigenvalue weighted by molar-refractivity contribution is 6.20. The van der Waals surface area contributed by atoms with E-state index < -0.39 is 12.1 Å². The van der Waals surface area contributed by atoms with Gasteiger partial charge in [0.15, 0.2) is 5.84 Å². The van der Waals surface area contributed by atoms with Gasteiger partial charge >= 0.3 is 6.03 Å². The van der Waals surface area contributed by atoms with Crippen LogP contribution in [0.3, 0.4) is 0 Å². The number of nitrogens with zero attached hydrogens (tertiary/aromatic N) is 3. The summed E-state index contributed by atoms with van der Waals surface area (Å²) in [6.07, 6.45) is 4.55. The summed E-state index contributed by atoms with van der Waals surface area (Å²) in [5, 5.41) is 5.56. The SMILES string of the molecule is CC(=O)N1CCC(NC(=O)C2=CC3NC(=O)N=C3N=C2)CC1. The molecule has 22 heavy (non-hydrogen) atoms. The normalized spacial score (nSPS) is 24.3. The number of urea groups is 1. The van der Waals surface area contributed by atoms with Gasteiger partial charge in [-0.2, -0.15) is 4.99 Å². The van der Waals surface area contributed by atoms with Crippen molar-refractivity contribution in [2.24, 2.45) is 9.98 Å². The number of fused-ring (bicyclic) bond motifs is 1. The maximum absolute atomic E-state index is 12.2. The zero-order valence-electron chi connectivity index (χ0n) is 12.2. The fourth-order valence-electron chi connectivity index (χ4n) is 2.73. The minimum absolute atomic E-state index is 0.0469. The van der Waals surface area contributed by atoms with Gasteiger partial charge in [0.25, 0.3) is 5.91 Å². The standard InChI is InChI=1S/C14H17N5O3/c1-8(20)19-4-2-10(3-5-19)16-13(21)9-6-11-12(15-7-9)18-14(22)17-11/h6-7,10-11H,2-5H2,1H3,(H,16,21)(H,17,22). The number of likely N-dealkylation sites (tertiary alicyclic amines) is 1. The zero-order valence-corrected chi connectivity index (χ0v) is 12.2. The molecule has 4 amide bonds. The van der Waals surface area contributed by atoms with Crippen LogP contribution in [0.5, 0.6) is 0 Å². The summed E-state index contributed by atoms with van der Waals surface area (Å²) in [5.41, 5.74) is 0.417. The van der Waals surface area contributed by atoms with Gasteiger partial charge in [0, 0.05) is 32.3 Å². The Hall–Kier alpha value is -2.51. The third-order valence-electron chi connectivity index (χ3n) is 3.99. The first-order valence-electron chi connectivity index (χ1n) is 7.24. The molecule has 0 bridgehead atoms. The lowest BCUT2D eigenvalue weighted by Crippen LogP contribution is -2.46. The Labute approximate surface area is 127 Å². The number of hydrogen-bond acceptors (Lipinski definition) is 4. The molecule has 0 spiro atoms. The van der Waals surface area contributed by atoms with Crippen LogP contribution in [0.15, 0.2) is 21.6 Å². The van der Waals surface area contributed by atoms with Crippen molar-refractivity contribution in [3.63, 3.8) is 0 Å². The molecule has 0 aromatic carbocycles. The molecule has 8 nitrogen and oxygen atoms in total. The van der Waals surface area contributed by atoms with Crippen LogP contribution in [0.1, 0.15) is 19.8 Å². The first kappa shape index (κ1) is 14.4. The maximum atomic E-state index is 12.2. The highest BCUT2D eigenvalue weighted by atomic mass is 16.2. The van der Waals surface area contributed by atoms with E-state index >= 15 is 0 Å². The van der Waals surface area contributed by atoms with Gasteiger partial charge in [-0.3, -0.25) is 9.59 Å². The summed E-state index contributed by atoms with van der Waals surface area (Å²) in [5.74, 6) is 0.234. The number of carbonyl (C=O) groups is 3. The highest BCUT2D eigenvalue weighted by Crippen LogP contribution is 2.13. The van der Waals surface area contributed by atoms with Crippen molar-refractivity contribution in [2.75, 3.05) is 13.1 Å². The molecule has 3 heterocycles. The van der Waals surface area contributed by atoms with Gasteiger partial charge in [-0.05, 0) is 18.9 Å². The van der Waals surface area contributed by atoms with Crippen LogP contribution in [0.25, 0.3) is 0 Å². The number of nitrogens with one attached hydrogen (secondary N) is 2. The quantitative estimate of drug-likeness (QED) is 0.726. The van der Waals surface area contributed by atoms with Crippen LogP contribution in [0.4, 0.5) is 4.79 Å². The Kier molecular flexibility index (Phi) is 3.74. The summed E-state index contributed by atoms with van der Waals surface area (Å²) in [6.45, 7) is 2.86. The second-order valence-electron chi connectivity index (χ2n) is 5.53. The molecule has 3 rings (SSSR count). The van der Waals surface area contributed by atoms with Crippen LogP contribution in [0.2, 0.25) is 0 Å². The number of dihydropyridines is 1. The van der Waals surface area contributed by atoms with Crippen molar-refractivity contribution >= 4 is 29.9 Å². The summed E-state index contributed by atoms with van der Waals surface area (Å²) in [4.78, 5) is 44.2. The van der Waals surface area contributed by atoms with Crippen LogP contribution in [0, 0.1) is 0 Å². The largest absolute Gasteiger partial charge is 0.349 e. The molecule has 1 unspecified atom stereocenters. The Bertz CT molecular complexity index is 614. The average Bonchev–Trinajstić information content (AvgIpc) is 2.86. The van der Waals surface area contributed by atoms with Crippen LogP contribution in [-0.4, -0.2) is 60.0 Å². The molecule has 116 valence electrons. The van der Waals surface area contributed by atoms with Gasteiger partial charge in [0.2, 0.25) is 5.91 Å². The number of aliphatic imine (C=N–C) groups is 2. The van der Waals surface area contributed by atoms with E-state index in [1.54, 1.807) is 17.9 Å². The van der Waals surface area contributed by atoms with Crippen molar-refractivity contribution < 1.29 is 14.4 Å². The second-order valence-corrected chi connectivity index (χ2v) is 5.53. The Morgan fingerprint density at radius 1 is 1.36 bits per heavy atom. The second kappa shape index (κ2) is 5.70. The molecule has 3 aliphatic rings. The molecule has 3 aliphatic heterocycles. The van der Waals surface area contributed by atoms with Gasteiger partial charge in [0.1, 0.15) is 6.04 Å². The molecule has 1 saturated heterocycles. The molecule has 1 fully saturated rings. The van der Waals surface area contributed by atoms with Gasteiger partial charge in [-0.1, -0.05) is 0 Å². The molecule has 0 aliphatic carbocycles. The van der Waals surface area contributed by atoms with Crippen LogP contribution >= 0.6 is 0 Å². The van der Waals surface area contributed by atoms with Crippen molar-refractivity contribution in [1.82, 2.24) is 15.5 Å². The van der Waals surface area contributed by atoms with Crippen LogP contribution < -0.4 is 10.6 Å². The fraction of sp³-hybridized carbons (Fsp3) is 0.500. The van der Waals surface area contributed by atoms with Gasteiger partial charge in [-0.25, -0.2) is 9.79 Å². The first-order valence-corrected chi connectivity index (χ1v) is 7.24. The summed E-state index contributed by atoms with van der Waals surface area (Å²) < 4.78 is 0. The third kappa shape index (κ3) is 2.90. The minimum Gasteiger partial charge on any atom is -0.349 e. The van der Waals surface area contributed by atoms with Crippen molar-refractivity contribution in [2.45, 2.75) is 31.8 Å². The first-order chi connectivity index (χ1) is 10.5. The minimum atomic E-state index is -0.438. The predicted molar refractivity (Wildman–Crippen MR) is 79.7 cm³/mol. The lowest BCUT2D eigenvalue weighted by atomic mass is 10.0. The number of carbonyl (C=O) groups excluding carboxylic acids is 3. The molecular formula is C14H17N5O3. The zero-order chi connectivity index (χ0) is 15.7. The lowest BCUT2D eigenvalue weighted by molar-refractivity contribution is -0.130.